The summed E-state index contributed by atoms with van der Waals surface area (Å²) in [5, 5.41) is 4.67. The van der Waals surface area contributed by atoms with Crippen molar-refractivity contribution in [2.75, 3.05) is 11.6 Å². The number of carbonyl (C=O) groups excluding carboxylic acids is 2. The zero-order valence-corrected chi connectivity index (χ0v) is 20.5. The summed E-state index contributed by atoms with van der Waals surface area (Å²) in [4.78, 5) is 25.7. The molecule has 15 heteroatoms. The van der Waals surface area contributed by atoms with E-state index in [0.29, 0.717) is 12.3 Å². The lowest BCUT2D eigenvalue weighted by atomic mass is 9.92. The number of rotatable bonds is 7. The molecule has 7 nitrogen and oxygen atoms in total. The first-order chi connectivity index (χ1) is 16.7. The lowest BCUT2D eigenvalue weighted by molar-refractivity contribution is -0.348. The summed E-state index contributed by atoms with van der Waals surface area (Å²) in [6, 6.07) is 4.09. The molecule has 2 aromatic rings. The maximum absolute atomic E-state index is 14.4. The Hall–Kier alpha value is -3.36. The first kappa shape index (κ1) is 29.9. The van der Waals surface area contributed by atoms with E-state index in [0.717, 1.165) is 19.1 Å². The van der Waals surface area contributed by atoms with Crippen molar-refractivity contribution in [1.82, 2.24) is 5.32 Å². The summed E-state index contributed by atoms with van der Waals surface area (Å²) in [5.74, 6) is -2.48. The summed E-state index contributed by atoms with van der Waals surface area (Å²) in [6.45, 7) is 4.19. The first-order valence-corrected chi connectivity index (χ1v) is 12.1. The number of halogens is 7. The van der Waals surface area contributed by atoms with Gasteiger partial charge in [0.25, 0.3) is 11.8 Å². The topological polar surface area (TPSA) is 102 Å². The SMILES string of the molecule is Cc1cc(C(F)(C(F)(F)F)C(F)(F)F)ccc1NC(=O)c1cccc(OS(C)(=O)=O)c1C(=O)NC(C)C. The van der Waals surface area contributed by atoms with Crippen LogP contribution in [-0.2, 0) is 15.8 Å². The molecule has 0 aliphatic heterocycles. The molecule has 0 spiro atoms. The summed E-state index contributed by atoms with van der Waals surface area (Å²) in [6.07, 6.45) is -11.9. The highest BCUT2D eigenvalue weighted by atomic mass is 32.2. The number of alkyl halides is 7. The molecular weight excluding hydrogens is 537 g/mol. The smallest absolute Gasteiger partial charge is 0.382 e. The second kappa shape index (κ2) is 10.2. The molecule has 2 amide bonds. The molecule has 204 valence electrons. The van der Waals surface area contributed by atoms with Gasteiger partial charge in [-0.3, -0.25) is 9.59 Å². The fourth-order valence-electron chi connectivity index (χ4n) is 3.22. The van der Waals surface area contributed by atoms with Crippen LogP contribution in [0.1, 0.15) is 45.7 Å². The zero-order valence-electron chi connectivity index (χ0n) is 19.6. The van der Waals surface area contributed by atoms with E-state index >= 15 is 0 Å². The second-order valence-electron chi connectivity index (χ2n) is 8.23. The highest BCUT2D eigenvalue weighted by molar-refractivity contribution is 7.86. The van der Waals surface area contributed by atoms with Crippen molar-refractivity contribution in [3.63, 3.8) is 0 Å². The third kappa shape index (κ3) is 6.50. The van der Waals surface area contributed by atoms with Gasteiger partial charge < -0.3 is 14.8 Å². The van der Waals surface area contributed by atoms with Crippen molar-refractivity contribution in [1.29, 1.82) is 0 Å². The molecule has 0 atom stereocenters. The Morgan fingerprint density at radius 1 is 0.919 bits per heavy atom. The van der Waals surface area contributed by atoms with Crippen molar-refractivity contribution >= 4 is 27.6 Å². The van der Waals surface area contributed by atoms with Gasteiger partial charge in [0.1, 0.15) is 0 Å². The standard InChI is InChI=1S/C22H21F7N2O5S/c1-11(2)30-19(33)17-14(6-5-7-16(17)36-37(4,34)35)18(32)31-15-9-8-13(10-12(15)3)20(23,21(24,25)26)22(27,28)29/h5-11H,1-4H3,(H,30,33)(H,31,32). The molecule has 0 saturated heterocycles. The van der Waals surface area contributed by atoms with Crippen LogP contribution in [0.2, 0.25) is 0 Å². The normalized spacial score (nSPS) is 12.9. The average molecular weight is 558 g/mol. The van der Waals surface area contributed by atoms with Crippen molar-refractivity contribution in [3.05, 3.63) is 58.7 Å². The van der Waals surface area contributed by atoms with Gasteiger partial charge in [-0.05, 0) is 44.5 Å². The molecule has 2 N–H and O–H groups in total. The van der Waals surface area contributed by atoms with E-state index in [9.17, 15) is 48.7 Å². The van der Waals surface area contributed by atoms with Crippen LogP contribution in [0.4, 0.5) is 36.4 Å². The van der Waals surface area contributed by atoms with Crippen LogP contribution in [0.15, 0.2) is 36.4 Å². The van der Waals surface area contributed by atoms with Crippen LogP contribution in [0.3, 0.4) is 0 Å². The van der Waals surface area contributed by atoms with Gasteiger partial charge in [-0.1, -0.05) is 18.2 Å². The Kier molecular flexibility index (Phi) is 8.22. The van der Waals surface area contributed by atoms with Crippen molar-refractivity contribution in [3.8, 4) is 5.75 Å². The van der Waals surface area contributed by atoms with E-state index in [4.69, 9.17) is 4.18 Å². The molecule has 0 aliphatic rings. The van der Waals surface area contributed by atoms with Gasteiger partial charge in [0, 0.05) is 17.3 Å². The molecule has 0 aliphatic carbocycles. The molecule has 0 unspecified atom stereocenters. The number of hydrogen-bond donors (Lipinski definition) is 2. The third-order valence-electron chi connectivity index (χ3n) is 4.81. The van der Waals surface area contributed by atoms with Gasteiger partial charge in [0.05, 0.1) is 17.4 Å². The van der Waals surface area contributed by atoms with Crippen molar-refractivity contribution in [2.24, 2.45) is 0 Å². The van der Waals surface area contributed by atoms with E-state index < -0.39 is 68.4 Å². The highest BCUT2D eigenvalue weighted by Crippen LogP contribution is 2.53. The second-order valence-corrected chi connectivity index (χ2v) is 9.81. The average Bonchev–Trinajstić information content (AvgIpc) is 2.70. The predicted molar refractivity (Wildman–Crippen MR) is 119 cm³/mol. The van der Waals surface area contributed by atoms with Crippen LogP contribution in [-0.4, -0.2) is 44.9 Å². The van der Waals surface area contributed by atoms with Crippen molar-refractivity contribution < 1.29 is 52.9 Å². The largest absolute Gasteiger partial charge is 0.435 e. The number of amides is 2. The zero-order chi connectivity index (χ0) is 28.6. The van der Waals surface area contributed by atoms with Gasteiger partial charge in [0.15, 0.2) is 5.75 Å². The number of anilines is 1. The maximum atomic E-state index is 14.4. The molecule has 0 bridgehead atoms. The van der Waals surface area contributed by atoms with E-state index in [1.54, 1.807) is 13.8 Å². The quantitative estimate of drug-likeness (QED) is 0.368. The molecule has 0 aromatic heterocycles. The number of nitrogens with one attached hydrogen (secondary N) is 2. The molecule has 0 heterocycles. The molecule has 0 saturated carbocycles. The fraction of sp³-hybridized carbons (Fsp3) is 0.364. The summed E-state index contributed by atoms with van der Waals surface area (Å²) in [7, 11) is -4.14. The van der Waals surface area contributed by atoms with Gasteiger partial charge >= 0.3 is 28.1 Å². The monoisotopic (exact) mass is 558 g/mol. The van der Waals surface area contributed by atoms with Crippen LogP contribution in [0.25, 0.3) is 0 Å². The van der Waals surface area contributed by atoms with Crippen molar-refractivity contribution in [2.45, 2.75) is 44.8 Å². The van der Waals surface area contributed by atoms with Gasteiger partial charge in [-0.25, -0.2) is 4.39 Å². The summed E-state index contributed by atoms with van der Waals surface area (Å²) < 4.78 is 121. The molecule has 2 rings (SSSR count). The maximum Gasteiger partial charge on any atom is 0.435 e. The number of aryl methyl sites for hydroxylation is 1. The van der Waals surface area contributed by atoms with Crippen LogP contribution < -0.4 is 14.8 Å². The van der Waals surface area contributed by atoms with Gasteiger partial charge in [-0.15, -0.1) is 0 Å². The first-order valence-electron chi connectivity index (χ1n) is 10.3. The number of carbonyl (C=O) groups is 2. The minimum atomic E-state index is -6.32. The molecule has 0 radical (unpaired) electrons. The van der Waals surface area contributed by atoms with Crippen LogP contribution in [0, 0.1) is 6.92 Å². The predicted octanol–water partition coefficient (Wildman–Crippen LogP) is 5.01. The number of hydrogen-bond acceptors (Lipinski definition) is 5. The Bertz CT molecular complexity index is 1290. The molecular formula is C22H21F7N2O5S. The van der Waals surface area contributed by atoms with E-state index in [1.165, 1.54) is 6.07 Å². The van der Waals surface area contributed by atoms with Crippen LogP contribution >= 0.6 is 0 Å². The lowest BCUT2D eigenvalue weighted by Crippen LogP contribution is -2.50. The minimum Gasteiger partial charge on any atom is -0.382 e. The number of benzene rings is 2. The summed E-state index contributed by atoms with van der Waals surface area (Å²) >= 11 is 0. The fourth-order valence-corrected chi connectivity index (χ4v) is 3.68. The van der Waals surface area contributed by atoms with E-state index in [-0.39, 0.29) is 23.4 Å². The molecule has 2 aromatic carbocycles. The Labute approximate surface area is 207 Å². The minimum absolute atomic E-state index is 0.221. The summed E-state index contributed by atoms with van der Waals surface area (Å²) in [5.41, 5.74) is -8.99. The Morgan fingerprint density at radius 2 is 1.49 bits per heavy atom. The molecule has 0 fully saturated rings. The van der Waals surface area contributed by atoms with Gasteiger partial charge in [0.2, 0.25) is 0 Å². The Balaban J connectivity index is 2.54. The lowest BCUT2D eigenvalue weighted by Gasteiger charge is -2.30. The third-order valence-corrected chi connectivity index (χ3v) is 5.29. The van der Waals surface area contributed by atoms with E-state index in [2.05, 4.69) is 10.6 Å². The molecule has 37 heavy (non-hydrogen) atoms. The highest BCUT2D eigenvalue weighted by Gasteiger charge is 2.73. The van der Waals surface area contributed by atoms with Gasteiger partial charge in [-0.2, -0.15) is 34.8 Å². The van der Waals surface area contributed by atoms with Crippen LogP contribution in [0.5, 0.6) is 5.75 Å². The Morgan fingerprint density at radius 3 is 1.95 bits per heavy atom. The van der Waals surface area contributed by atoms with E-state index in [1.807, 2.05) is 0 Å².